The Morgan fingerprint density at radius 2 is 1.86 bits per heavy atom. The molecule has 1 aliphatic carbocycles. The van der Waals surface area contributed by atoms with Crippen molar-refractivity contribution in [1.82, 2.24) is 4.90 Å². The average Bonchev–Trinajstić information content (AvgIpc) is 2.76. The number of hydrogen-bond donors (Lipinski definition) is 1. The van der Waals surface area contributed by atoms with Crippen molar-refractivity contribution >= 4 is 17.2 Å². The normalized spacial score (nSPS) is 28.4. The van der Waals surface area contributed by atoms with Gasteiger partial charge in [0.15, 0.2) is 0 Å². The van der Waals surface area contributed by atoms with Gasteiger partial charge in [0.25, 0.3) is 0 Å². The fraction of sp³-hybridized carbons (Fsp3) is 0.909. The van der Waals surface area contributed by atoms with Crippen molar-refractivity contribution in [2.24, 2.45) is 5.73 Å². The van der Waals surface area contributed by atoms with Crippen LogP contribution in [-0.4, -0.2) is 28.0 Å². The van der Waals surface area contributed by atoms with Gasteiger partial charge in [-0.25, -0.2) is 0 Å². The van der Waals surface area contributed by atoms with Gasteiger partial charge in [0.05, 0.1) is 11.0 Å². The Morgan fingerprint density at radius 3 is 2.43 bits per heavy atom. The van der Waals surface area contributed by atoms with Gasteiger partial charge in [-0.2, -0.15) is 0 Å². The van der Waals surface area contributed by atoms with Gasteiger partial charge in [0.2, 0.25) is 0 Å². The number of nitrogens with zero attached hydrogens (tertiary/aromatic N) is 1. The van der Waals surface area contributed by atoms with Crippen LogP contribution in [0.15, 0.2) is 0 Å². The molecule has 1 aliphatic heterocycles. The molecule has 0 aromatic carbocycles. The summed E-state index contributed by atoms with van der Waals surface area (Å²) in [7, 11) is 0. The molecule has 1 saturated heterocycles. The molecule has 1 atom stereocenters. The van der Waals surface area contributed by atoms with Gasteiger partial charge in [-0.1, -0.05) is 25.1 Å². The van der Waals surface area contributed by atoms with E-state index in [1.807, 2.05) is 0 Å². The lowest BCUT2D eigenvalue weighted by Crippen LogP contribution is -2.51. The van der Waals surface area contributed by atoms with Crippen LogP contribution in [-0.2, 0) is 0 Å². The molecule has 2 aliphatic rings. The van der Waals surface area contributed by atoms with Crippen LogP contribution in [0.25, 0.3) is 0 Å². The first-order valence-electron chi connectivity index (χ1n) is 5.72. The van der Waals surface area contributed by atoms with E-state index in [-0.39, 0.29) is 0 Å². The van der Waals surface area contributed by atoms with Crippen LogP contribution in [0.1, 0.15) is 45.4 Å². The predicted molar refractivity (Wildman–Crippen MR) is 63.4 cm³/mol. The standard InChI is InChI=1S/C11H20N2S/c1-9(10(12)14)13-8-4-7-11(13)5-2-3-6-11/h9H,2-8H2,1H3,(H2,12,14). The van der Waals surface area contributed by atoms with Crippen molar-refractivity contribution < 1.29 is 0 Å². The number of rotatable bonds is 2. The average molecular weight is 212 g/mol. The van der Waals surface area contributed by atoms with Gasteiger partial charge in [-0.05, 0) is 39.2 Å². The van der Waals surface area contributed by atoms with Crippen molar-refractivity contribution in [3.63, 3.8) is 0 Å². The third-order valence-corrected chi connectivity index (χ3v) is 4.41. The molecule has 0 amide bonds. The van der Waals surface area contributed by atoms with Crippen molar-refractivity contribution in [1.29, 1.82) is 0 Å². The molecule has 2 nitrogen and oxygen atoms in total. The maximum Gasteiger partial charge on any atom is 0.0899 e. The summed E-state index contributed by atoms with van der Waals surface area (Å²) in [5.41, 5.74) is 6.23. The van der Waals surface area contributed by atoms with E-state index in [1.54, 1.807) is 0 Å². The van der Waals surface area contributed by atoms with Gasteiger partial charge < -0.3 is 5.73 Å². The van der Waals surface area contributed by atoms with Crippen LogP contribution >= 0.6 is 12.2 Å². The van der Waals surface area contributed by atoms with E-state index in [1.165, 1.54) is 45.1 Å². The molecule has 1 heterocycles. The van der Waals surface area contributed by atoms with Gasteiger partial charge in [-0.3, -0.25) is 4.90 Å². The molecule has 0 aromatic rings. The number of likely N-dealkylation sites (tertiary alicyclic amines) is 1. The van der Waals surface area contributed by atoms with Crippen molar-refractivity contribution in [2.45, 2.75) is 57.0 Å². The molecule has 1 spiro atoms. The van der Waals surface area contributed by atoms with Gasteiger partial charge in [0.1, 0.15) is 0 Å². The highest BCUT2D eigenvalue weighted by Crippen LogP contribution is 2.43. The second-order valence-corrected chi connectivity index (χ2v) is 5.28. The van der Waals surface area contributed by atoms with E-state index in [0.717, 1.165) is 0 Å². The molecule has 1 unspecified atom stereocenters. The third-order valence-electron chi connectivity index (χ3n) is 4.06. The molecular weight excluding hydrogens is 192 g/mol. The number of hydrogen-bond acceptors (Lipinski definition) is 2. The zero-order valence-electron chi connectivity index (χ0n) is 8.96. The van der Waals surface area contributed by atoms with Crippen LogP contribution in [0.3, 0.4) is 0 Å². The molecule has 2 rings (SSSR count). The van der Waals surface area contributed by atoms with Gasteiger partial charge in [0, 0.05) is 5.54 Å². The van der Waals surface area contributed by atoms with Crippen molar-refractivity contribution in [3.8, 4) is 0 Å². The van der Waals surface area contributed by atoms with Crippen molar-refractivity contribution in [2.75, 3.05) is 6.54 Å². The summed E-state index contributed by atoms with van der Waals surface area (Å²) >= 11 is 5.11. The molecular formula is C11H20N2S. The largest absolute Gasteiger partial charge is 0.392 e. The molecule has 2 fully saturated rings. The Bertz CT molecular complexity index is 228. The highest BCUT2D eigenvalue weighted by atomic mass is 32.1. The lowest BCUT2D eigenvalue weighted by atomic mass is 9.93. The Hall–Kier alpha value is -0.150. The quantitative estimate of drug-likeness (QED) is 0.711. The predicted octanol–water partition coefficient (Wildman–Crippen LogP) is 2.07. The highest BCUT2D eigenvalue weighted by molar-refractivity contribution is 7.80. The zero-order valence-corrected chi connectivity index (χ0v) is 9.78. The first-order valence-corrected chi connectivity index (χ1v) is 6.13. The fourth-order valence-electron chi connectivity index (χ4n) is 3.29. The molecule has 0 radical (unpaired) electrons. The van der Waals surface area contributed by atoms with Crippen LogP contribution in [0.2, 0.25) is 0 Å². The molecule has 14 heavy (non-hydrogen) atoms. The van der Waals surface area contributed by atoms with E-state index in [4.69, 9.17) is 18.0 Å². The molecule has 2 N–H and O–H groups in total. The first-order chi connectivity index (χ1) is 6.66. The van der Waals surface area contributed by atoms with E-state index in [9.17, 15) is 0 Å². The van der Waals surface area contributed by atoms with Gasteiger partial charge >= 0.3 is 0 Å². The monoisotopic (exact) mass is 212 g/mol. The summed E-state index contributed by atoms with van der Waals surface area (Å²) in [5, 5.41) is 0. The minimum absolute atomic E-state index is 0.297. The lowest BCUT2D eigenvalue weighted by molar-refractivity contribution is 0.128. The third kappa shape index (κ3) is 1.57. The Labute approximate surface area is 91.8 Å². The zero-order chi connectivity index (χ0) is 10.2. The number of nitrogens with two attached hydrogens (primary N) is 1. The molecule has 3 heteroatoms. The first kappa shape index (κ1) is 10.4. The summed E-state index contributed by atoms with van der Waals surface area (Å²) in [5.74, 6) is 0. The highest BCUT2D eigenvalue weighted by Gasteiger charge is 2.44. The maximum atomic E-state index is 5.76. The van der Waals surface area contributed by atoms with E-state index in [2.05, 4.69) is 11.8 Å². The fourth-order valence-corrected chi connectivity index (χ4v) is 3.41. The van der Waals surface area contributed by atoms with Crippen LogP contribution < -0.4 is 5.73 Å². The minimum Gasteiger partial charge on any atom is -0.392 e. The second-order valence-electron chi connectivity index (χ2n) is 4.81. The van der Waals surface area contributed by atoms with Crippen molar-refractivity contribution in [3.05, 3.63) is 0 Å². The summed E-state index contributed by atoms with van der Waals surface area (Å²) in [6, 6.07) is 0.297. The molecule has 80 valence electrons. The SMILES string of the molecule is CC(C(N)=S)N1CCCC12CCCC2. The minimum atomic E-state index is 0.297. The van der Waals surface area contributed by atoms with E-state index < -0.39 is 0 Å². The number of thiocarbonyl (C=S) groups is 1. The Balaban J connectivity index is 2.13. The van der Waals surface area contributed by atoms with Crippen LogP contribution in [0, 0.1) is 0 Å². The summed E-state index contributed by atoms with van der Waals surface area (Å²) in [6.07, 6.45) is 8.19. The molecule has 0 aromatic heterocycles. The van der Waals surface area contributed by atoms with Crippen LogP contribution in [0.5, 0.6) is 0 Å². The molecule has 1 saturated carbocycles. The van der Waals surface area contributed by atoms with Gasteiger partial charge in [-0.15, -0.1) is 0 Å². The maximum absolute atomic E-state index is 5.76. The van der Waals surface area contributed by atoms with E-state index >= 15 is 0 Å². The summed E-state index contributed by atoms with van der Waals surface area (Å²) in [6.45, 7) is 3.35. The lowest BCUT2D eigenvalue weighted by Gasteiger charge is -2.39. The Morgan fingerprint density at radius 1 is 1.29 bits per heavy atom. The summed E-state index contributed by atoms with van der Waals surface area (Å²) < 4.78 is 0. The smallest absolute Gasteiger partial charge is 0.0899 e. The Kier molecular flexibility index (Phi) is 2.80. The summed E-state index contributed by atoms with van der Waals surface area (Å²) in [4.78, 5) is 3.24. The topological polar surface area (TPSA) is 29.3 Å². The van der Waals surface area contributed by atoms with Crippen LogP contribution in [0.4, 0.5) is 0 Å². The van der Waals surface area contributed by atoms with E-state index in [0.29, 0.717) is 16.6 Å². The second kappa shape index (κ2) is 3.78. The molecule has 0 bridgehead atoms.